The summed E-state index contributed by atoms with van der Waals surface area (Å²) >= 11 is 5.04. The molecule has 3 amide bonds. The second-order valence-corrected chi connectivity index (χ2v) is 6.62. The number of amides is 3. The molecule has 0 spiro atoms. The van der Waals surface area contributed by atoms with Gasteiger partial charge in [0.05, 0.1) is 0 Å². The molecular formula is C18H24N4O3S. The highest BCUT2D eigenvalue weighted by atomic mass is 32.1. The molecule has 4 N–H and O–H groups in total. The lowest BCUT2D eigenvalue weighted by molar-refractivity contribution is -0.124. The largest absolute Gasteiger partial charge is 0.326 e. The minimum Gasteiger partial charge on any atom is -0.326 e. The minimum atomic E-state index is -0.396. The Morgan fingerprint density at radius 2 is 1.69 bits per heavy atom. The van der Waals surface area contributed by atoms with Crippen LogP contribution in [0.15, 0.2) is 24.3 Å². The molecule has 0 unspecified atom stereocenters. The summed E-state index contributed by atoms with van der Waals surface area (Å²) in [7, 11) is 0. The summed E-state index contributed by atoms with van der Waals surface area (Å²) < 4.78 is 0. The summed E-state index contributed by atoms with van der Waals surface area (Å²) in [5, 5.41) is 5.39. The van der Waals surface area contributed by atoms with Gasteiger partial charge in [-0.1, -0.05) is 26.2 Å². The standard InChI is InChI=1S/C18H24N4O3S/c1-2-15(23)19-14-10-8-13(9-11-14)17(25)21-22-18(26)20-16(24)12-6-4-3-5-7-12/h8-12H,2-7H2,1H3,(H,19,23)(H,21,25)(H2,20,22,24,26). The first-order valence-electron chi connectivity index (χ1n) is 8.80. The first kappa shape index (κ1) is 19.8. The monoisotopic (exact) mass is 376 g/mol. The van der Waals surface area contributed by atoms with E-state index in [-0.39, 0.29) is 22.8 Å². The number of benzene rings is 1. The van der Waals surface area contributed by atoms with Crippen molar-refractivity contribution < 1.29 is 14.4 Å². The summed E-state index contributed by atoms with van der Waals surface area (Å²) in [5.41, 5.74) is 6.00. The first-order valence-corrected chi connectivity index (χ1v) is 9.21. The van der Waals surface area contributed by atoms with E-state index in [4.69, 9.17) is 12.2 Å². The van der Waals surface area contributed by atoms with E-state index in [1.807, 2.05) is 0 Å². The van der Waals surface area contributed by atoms with Crippen molar-refractivity contribution in [2.75, 3.05) is 5.32 Å². The first-order chi connectivity index (χ1) is 12.5. The van der Waals surface area contributed by atoms with Crippen molar-refractivity contribution in [3.8, 4) is 0 Å². The number of hydrogen-bond acceptors (Lipinski definition) is 4. The Kier molecular flexibility index (Phi) is 7.53. The molecule has 1 fully saturated rings. The normalized spacial score (nSPS) is 14.2. The third kappa shape index (κ3) is 6.11. The van der Waals surface area contributed by atoms with Gasteiger partial charge in [0.25, 0.3) is 5.91 Å². The molecule has 0 bridgehead atoms. The van der Waals surface area contributed by atoms with Crippen LogP contribution in [0, 0.1) is 5.92 Å². The van der Waals surface area contributed by atoms with Gasteiger partial charge >= 0.3 is 0 Å². The van der Waals surface area contributed by atoms with Gasteiger partial charge in [0.1, 0.15) is 0 Å². The van der Waals surface area contributed by atoms with Crippen LogP contribution in [-0.4, -0.2) is 22.8 Å². The molecule has 26 heavy (non-hydrogen) atoms. The van der Waals surface area contributed by atoms with E-state index in [1.54, 1.807) is 31.2 Å². The Bertz CT molecular complexity index is 670. The van der Waals surface area contributed by atoms with Crippen molar-refractivity contribution in [3.63, 3.8) is 0 Å². The van der Waals surface area contributed by atoms with Gasteiger partial charge in [0.2, 0.25) is 11.8 Å². The molecule has 1 aliphatic rings. The van der Waals surface area contributed by atoms with Crippen molar-refractivity contribution in [2.45, 2.75) is 45.4 Å². The Morgan fingerprint density at radius 1 is 1.04 bits per heavy atom. The van der Waals surface area contributed by atoms with E-state index < -0.39 is 5.91 Å². The smallest absolute Gasteiger partial charge is 0.269 e. The van der Waals surface area contributed by atoms with Crippen LogP contribution in [0.3, 0.4) is 0 Å². The maximum Gasteiger partial charge on any atom is 0.269 e. The zero-order chi connectivity index (χ0) is 18.9. The lowest BCUT2D eigenvalue weighted by Gasteiger charge is -2.21. The van der Waals surface area contributed by atoms with Crippen LogP contribution in [0.4, 0.5) is 5.69 Å². The van der Waals surface area contributed by atoms with E-state index in [2.05, 4.69) is 21.5 Å². The zero-order valence-corrected chi connectivity index (χ0v) is 15.6. The molecule has 0 aromatic heterocycles. The molecule has 2 rings (SSSR count). The van der Waals surface area contributed by atoms with E-state index in [9.17, 15) is 14.4 Å². The van der Waals surface area contributed by atoms with Gasteiger partial charge in [-0.2, -0.15) is 0 Å². The number of nitrogens with one attached hydrogen (secondary N) is 4. The van der Waals surface area contributed by atoms with Crippen LogP contribution in [0.5, 0.6) is 0 Å². The van der Waals surface area contributed by atoms with Crippen LogP contribution in [0.25, 0.3) is 0 Å². The molecular weight excluding hydrogens is 352 g/mol. The number of rotatable bonds is 4. The summed E-state index contributed by atoms with van der Waals surface area (Å²) in [6, 6.07) is 6.47. The second kappa shape index (κ2) is 9.86. The van der Waals surface area contributed by atoms with Gasteiger partial charge in [0, 0.05) is 23.6 Å². The summed E-state index contributed by atoms with van der Waals surface area (Å²) in [6.07, 6.45) is 5.43. The molecule has 0 radical (unpaired) electrons. The van der Waals surface area contributed by atoms with Crippen LogP contribution in [0.1, 0.15) is 55.8 Å². The van der Waals surface area contributed by atoms with Crippen molar-refractivity contribution >= 4 is 40.7 Å². The van der Waals surface area contributed by atoms with Gasteiger partial charge in [-0.15, -0.1) is 0 Å². The summed E-state index contributed by atoms with van der Waals surface area (Å²) in [4.78, 5) is 35.5. The highest BCUT2D eigenvalue weighted by Crippen LogP contribution is 2.23. The van der Waals surface area contributed by atoms with Gasteiger partial charge in [0.15, 0.2) is 5.11 Å². The molecule has 0 heterocycles. The topological polar surface area (TPSA) is 99.3 Å². The maximum absolute atomic E-state index is 12.1. The van der Waals surface area contributed by atoms with Gasteiger partial charge in [-0.25, -0.2) is 0 Å². The van der Waals surface area contributed by atoms with Crippen LogP contribution >= 0.6 is 12.2 Å². The SMILES string of the molecule is CCC(=O)Nc1ccc(C(=O)NNC(=S)NC(=O)C2CCCCC2)cc1. The van der Waals surface area contributed by atoms with E-state index in [1.165, 1.54) is 6.42 Å². The molecule has 0 aliphatic heterocycles. The second-order valence-electron chi connectivity index (χ2n) is 6.21. The molecule has 1 aliphatic carbocycles. The van der Waals surface area contributed by atoms with E-state index in [0.717, 1.165) is 25.7 Å². The average Bonchev–Trinajstić information content (AvgIpc) is 2.67. The third-order valence-corrected chi connectivity index (χ3v) is 4.46. The fraction of sp³-hybridized carbons (Fsp3) is 0.444. The Hall–Kier alpha value is -2.48. The van der Waals surface area contributed by atoms with Gasteiger partial charge < -0.3 is 10.6 Å². The summed E-state index contributed by atoms with van der Waals surface area (Å²) in [5.74, 6) is -0.604. The maximum atomic E-state index is 12.1. The fourth-order valence-corrected chi connectivity index (χ4v) is 2.90. The predicted octanol–water partition coefficient (Wildman–Crippen LogP) is 2.25. The number of carbonyl (C=O) groups is 3. The van der Waals surface area contributed by atoms with Gasteiger partial charge in [-0.05, 0) is 49.3 Å². The highest BCUT2D eigenvalue weighted by Gasteiger charge is 2.21. The predicted molar refractivity (Wildman–Crippen MR) is 103 cm³/mol. The lowest BCUT2D eigenvalue weighted by Crippen LogP contribution is -2.49. The number of carbonyl (C=O) groups excluding carboxylic acids is 3. The van der Waals surface area contributed by atoms with E-state index in [0.29, 0.717) is 17.7 Å². The molecule has 0 saturated heterocycles. The van der Waals surface area contributed by atoms with Crippen LogP contribution in [0.2, 0.25) is 0 Å². The third-order valence-electron chi connectivity index (χ3n) is 4.25. The van der Waals surface area contributed by atoms with E-state index >= 15 is 0 Å². The van der Waals surface area contributed by atoms with Crippen molar-refractivity contribution in [2.24, 2.45) is 5.92 Å². The van der Waals surface area contributed by atoms with Gasteiger partial charge in [-0.3, -0.25) is 25.2 Å². The van der Waals surface area contributed by atoms with Crippen molar-refractivity contribution in [1.29, 1.82) is 0 Å². The number of thiocarbonyl (C=S) groups is 1. The fourth-order valence-electron chi connectivity index (χ4n) is 2.75. The molecule has 1 saturated carbocycles. The average molecular weight is 376 g/mol. The van der Waals surface area contributed by atoms with Crippen LogP contribution < -0.4 is 21.5 Å². The van der Waals surface area contributed by atoms with Crippen molar-refractivity contribution in [1.82, 2.24) is 16.2 Å². The molecule has 140 valence electrons. The van der Waals surface area contributed by atoms with Crippen LogP contribution in [-0.2, 0) is 9.59 Å². The molecule has 8 heteroatoms. The molecule has 1 aromatic rings. The Balaban J connectivity index is 1.77. The molecule has 0 atom stereocenters. The Morgan fingerprint density at radius 3 is 2.31 bits per heavy atom. The minimum absolute atomic E-state index is 0.00919. The lowest BCUT2D eigenvalue weighted by atomic mass is 9.89. The number of anilines is 1. The number of hydrazine groups is 1. The molecule has 1 aromatic carbocycles. The number of hydrogen-bond donors (Lipinski definition) is 4. The summed E-state index contributed by atoms with van der Waals surface area (Å²) in [6.45, 7) is 1.76. The highest BCUT2D eigenvalue weighted by molar-refractivity contribution is 7.80. The zero-order valence-electron chi connectivity index (χ0n) is 14.8. The quantitative estimate of drug-likeness (QED) is 0.477. The Labute approximate surface area is 158 Å². The van der Waals surface area contributed by atoms with Crippen molar-refractivity contribution in [3.05, 3.63) is 29.8 Å². The molecule has 7 nitrogen and oxygen atoms in total.